The largest absolute Gasteiger partial charge is 0.248 e. The van der Waals surface area contributed by atoms with Gasteiger partial charge in [0.05, 0.1) is 67.8 Å². The Hall–Kier alpha value is -20.1. The normalized spacial score (nSPS) is 11.2. The van der Waals surface area contributed by atoms with Crippen LogP contribution in [0.25, 0.3) is 267 Å². The van der Waals surface area contributed by atoms with Gasteiger partial charge in [0.25, 0.3) is 0 Å². The van der Waals surface area contributed by atoms with E-state index in [0.717, 1.165) is 140 Å². The van der Waals surface area contributed by atoms with Crippen LogP contribution in [0.5, 0.6) is 0 Å². The number of hydrogen-bond acceptors (Lipinski definition) is 9. The molecule has 0 saturated heterocycles. The van der Waals surface area contributed by atoms with Crippen LogP contribution in [0.2, 0.25) is 0 Å². The van der Waals surface area contributed by atoms with Gasteiger partial charge in [-0.05, 0) is 154 Å². The monoisotopic (exact) mass is 1910 g/mol. The lowest BCUT2D eigenvalue weighted by Crippen LogP contribution is -1.96. The van der Waals surface area contributed by atoms with Crippen LogP contribution in [0.4, 0.5) is 0 Å². The fourth-order valence-electron chi connectivity index (χ4n) is 20.2. The summed E-state index contributed by atoms with van der Waals surface area (Å²) in [6.45, 7) is 0. The van der Waals surface area contributed by atoms with E-state index < -0.39 is 0 Å². The predicted octanol–water partition coefficient (Wildman–Crippen LogP) is 36.5. The molecule has 9 nitrogen and oxygen atoms in total. The molecule has 0 radical (unpaired) electrons. The third kappa shape index (κ3) is 19.1. The fraction of sp³-hybridized carbons (Fsp3) is 0. The molecule has 0 saturated carbocycles. The van der Waals surface area contributed by atoms with E-state index in [1.165, 1.54) is 110 Å². The number of fused-ring (bicyclic) bond motifs is 9. The molecule has 150 heavy (non-hydrogen) atoms. The number of pyridine rings is 3. The molecule has 702 valence electrons. The van der Waals surface area contributed by atoms with Crippen LogP contribution < -0.4 is 0 Å². The first-order valence-corrected chi connectivity index (χ1v) is 50.6. The van der Waals surface area contributed by atoms with Crippen molar-refractivity contribution in [3.8, 4) is 202 Å². The Balaban J connectivity index is 0.000000117. The summed E-state index contributed by atoms with van der Waals surface area (Å²) in [6, 6.07) is 197. The zero-order chi connectivity index (χ0) is 99.8. The lowest BCUT2D eigenvalue weighted by molar-refractivity contribution is 1.18. The van der Waals surface area contributed by atoms with Gasteiger partial charge < -0.3 is 0 Å². The van der Waals surface area contributed by atoms with E-state index in [2.05, 4.69) is 491 Å². The average Bonchev–Trinajstić information content (AvgIpc) is 0.746. The van der Waals surface area contributed by atoms with Crippen molar-refractivity contribution >= 4 is 65.0 Å². The van der Waals surface area contributed by atoms with Crippen LogP contribution in [0.1, 0.15) is 0 Å². The van der Waals surface area contributed by atoms with Crippen molar-refractivity contribution in [3.63, 3.8) is 0 Å². The van der Waals surface area contributed by atoms with E-state index in [-0.39, 0.29) is 0 Å². The Kier molecular flexibility index (Phi) is 25.1. The van der Waals surface area contributed by atoms with Gasteiger partial charge in [-0.15, -0.1) is 0 Å². The smallest absolute Gasteiger partial charge is 0.160 e. The standard InChI is InChI=1S/C53H35N3.C47H31N3.C41H27N3/c1-4-12-36(13-5-1)38-20-24-43(25-21-38)50-35-51(56-53(55-50)45-30-22-39(23-31-45)37-14-6-2-7-15-37)44-28-26-42(27-29-44)49-34-47(40-16-8-3-9-17-40)52-46-19-11-10-18-41(46)32-33-48(52)54-49;1-4-12-32(13-5-1)33-20-22-37(23-21-33)44-31-45(50-47(49-44)39-17-8-3-9-18-39)38-26-24-36(25-27-38)43-30-41(34-14-6-2-7-15-34)46-40-19-11-10-16-35(40)28-29-42(46)48-43;1-4-12-28(13-5-1)35-26-37(42-36-25-24-29-14-10-11-19-34(29)40(35)36)31-20-22-32(23-21-31)39-27-38(30-15-6-2-7-16-30)43-41(44-39)33-17-8-3-9-18-33/h1-35H;1-31H;1-27H. The highest BCUT2D eigenvalue weighted by Gasteiger charge is 2.22. The highest BCUT2D eigenvalue weighted by atomic mass is 14.9. The Morgan fingerprint density at radius 1 is 0.100 bits per heavy atom. The molecule has 21 aromatic carbocycles. The predicted molar refractivity (Wildman–Crippen MR) is 622 cm³/mol. The molecule has 6 heterocycles. The van der Waals surface area contributed by atoms with Gasteiger partial charge in [0.2, 0.25) is 0 Å². The third-order valence-corrected chi connectivity index (χ3v) is 27.9. The van der Waals surface area contributed by atoms with Crippen molar-refractivity contribution in [2.24, 2.45) is 0 Å². The van der Waals surface area contributed by atoms with Gasteiger partial charge in [-0.3, -0.25) is 0 Å². The topological polar surface area (TPSA) is 116 Å². The molecule has 27 aromatic rings. The fourth-order valence-corrected chi connectivity index (χ4v) is 20.2. The average molecular weight is 1910 g/mol. The molecule has 0 bridgehead atoms. The molecule has 9 heteroatoms. The minimum atomic E-state index is 0.684. The first-order valence-electron chi connectivity index (χ1n) is 50.6. The van der Waals surface area contributed by atoms with E-state index in [4.69, 9.17) is 44.9 Å². The van der Waals surface area contributed by atoms with Crippen LogP contribution in [0.3, 0.4) is 0 Å². The Morgan fingerprint density at radius 2 is 0.253 bits per heavy atom. The molecule has 0 aliphatic heterocycles. The summed E-state index contributed by atoms with van der Waals surface area (Å²) in [5.74, 6) is 2.09. The van der Waals surface area contributed by atoms with Crippen molar-refractivity contribution in [2.75, 3.05) is 0 Å². The maximum absolute atomic E-state index is 5.22. The first kappa shape index (κ1) is 91.1. The number of aromatic nitrogens is 9. The molecule has 27 rings (SSSR count). The summed E-state index contributed by atoms with van der Waals surface area (Å²) in [5, 5.41) is 10.8. The van der Waals surface area contributed by atoms with Crippen molar-refractivity contribution in [3.05, 3.63) is 564 Å². The van der Waals surface area contributed by atoms with Crippen molar-refractivity contribution in [1.82, 2.24) is 44.9 Å². The quantitative estimate of drug-likeness (QED) is 0.0774. The van der Waals surface area contributed by atoms with Gasteiger partial charge in [0, 0.05) is 82.9 Å². The van der Waals surface area contributed by atoms with E-state index in [9.17, 15) is 0 Å². The number of nitrogens with zero attached hydrogens (tertiary/aromatic N) is 9. The minimum absolute atomic E-state index is 0.684. The molecule has 0 unspecified atom stereocenters. The maximum Gasteiger partial charge on any atom is 0.160 e. The Morgan fingerprint density at radius 3 is 0.480 bits per heavy atom. The Labute approximate surface area is 870 Å². The van der Waals surface area contributed by atoms with Gasteiger partial charge >= 0.3 is 0 Å². The third-order valence-electron chi connectivity index (χ3n) is 27.9. The van der Waals surface area contributed by atoms with Crippen molar-refractivity contribution in [1.29, 1.82) is 0 Å². The van der Waals surface area contributed by atoms with Crippen LogP contribution >= 0.6 is 0 Å². The molecular formula is C141H93N9. The van der Waals surface area contributed by atoms with E-state index in [1.807, 2.05) is 72.8 Å². The SMILES string of the molecule is c1ccc(-c2cc(-c3ccc(-c4cc(-c5ccccc5)c5c(ccc6ccccc65)n4)cc3)nc(-c3ccccc3)n2)cc1.c1ccc(-c2ccc(-c3cc(-c4ccc(-c5cc(-c6ccccc6)c6c(ccc7ccccc76)n5)cc4)nc(-c4ccc(-c5ccccc5)cc4)n3)cc2)cc1.c1ccc(-c2ccc(-c3cc(-c4ccc(-c5cc(-c6ccccc6)c6c(ccc7ccccc76)n5)cc4)nc(-c4ccccc4)n3)cc2)cc1. The molecule has 0 spiro atoms. The van der Waals surface area contributed by atoms with E-state index in [0.29, 0.717) is 17.5 Å². The van der Waals surface area contributed by atoms with Crippen molar-refractivity contribution < 1.29 is 0 Å². The lowest BCUT2D eigenvalue weighted by Gasteiger charge is -2.14. The summed E-state index contributed by atoms with van der Waals surface area (Å²) in [6.07, 6.45) is 0. The van der Waals surface area contributed by atoms with Gasteiger partial charge in [0.1, 0.15) is 0 Å². The summed E-state index contributed by atoms with van der Waals surface area (Å²) >= 11 is 0. The highest BCUT2D eigenvalue weighted by molar-refractivity contribution is 6.17. The zero-order valence-electron chi connectivity index (χ0n) is 81.7. The van der Waals surface area contributed by atoms with Gasteiger partial charge in [-0.1, -0.05) is 510 Å². The van der Waals surface area contributed by atoms with Crippen LogP contribution in [-0.2, 0) is 0 Å². The number of benzene rings is 21. The van der Waals surface area contributed by atoms with Crippen molar-refractivity contribution in [2.45, 2.75) is 0 Å². The van der Waals surface area contributed by atoms with Gasteiger partial charge in [0.15, 0.2) is 17.5 Å². The maximum atomic E-state index is 5.22. The molecule has 0 aliphatic carbocycles. The van der Waals surface area contributed by atoms with Crippen LogP contribution in [-0.4, -0.2) is 44.9 Å². The summed E-state index contributed by atoms with van der Waals surface area (Å²) in [4.78, 5) is 45.9. The molecule has 0 N–H and O–H groups in total. The van der Waals surface area contributed by atoms with Crippen LogP contribution in [0, 0.1) is 0 Å². The zero-order valence-corrected chi connectivity index (χ0v) is 81.7. The number of hydrogen-bond donors (Lipinski definition) is 0. The molecule has 0 amide bonds. The Bertz CT molecular complexity index is 9400. The second-order valence-corrected chi connectivity index (χ2v) is 37.4. The van der Waals surface area contributed by atoms with Gasteiger partial charge in [-0.25, -0.2) is 44.9 Å². The lowest BCUT2D eigenvalue weighted by atomic mass is 9.94. The molecule has 0 aliphatic rings. The second kappa shape index (κ2) is 41.3. The summed E-state index contributed by atoms with van der Waals surface area (Å²) in [5.41, 5.74) is 37.4. The summed E-state index contributed by atoms with van der Waals surface area (Å²) in [7, 11) is 0. The molecule has 6 aromatic heterocycles. The van der Waals surface area contributed by atoms with Gasteiger partial charge in [-0.2, -0.15) is 0 Å². The van der Waals surface area contributed by atoms with E-state index in [1.54, 1.807) is 0 Å². The highest BCUT2D eigenvalue weighted by Crippen LogP contribution is 2.44. The minimum Gasteiger partial charge on any atom is -0.248 e. The summed E-state index contributed by atoms with van der Waals surface area (Å²) < 4.78 is 0. The second-order valence-electron chi connectivity index (χ2n) is 37.4. The molecule has 0 fully saturated rings. The number of rotatable bonds is 18. The van der Waals surface area contributed by atoms with Crippen LogP contribution in [0.15, 0.2) is 564 Å². The van der Waals surface area contributed by atoms with E-state index >= 15 is 0 Å². The first-order chi connectivity index (χ1) is 74.3. The molecule has 0 atom stereocenters. The molecular weight excluding hydrogens is 1820 g/mol.